The first kappa shape index (κ1) is 12.5. The molecule has 0 radical (unpaired) electrons. The average molecular weight is 268 g/mol. The van der Waals surface area contributed by atoms with Gasteiger partial charge < -0.3 is 16.8 Å². The Bertz CT molecular complexity index is 669. The van der Waals surface area contributed by atoms with Gasteiger partial charge in [-0.25, -0.2) is 4.98 Å². The van der Waals surface area contributed by atoms with Crippen LogP contribution in [0.15, 0.2) is 36.5 Å². The molecule has 5 nitrogen and oxygen atoms in total. The number of benzene rings is 1. The highest BCUT2D eigenvalue weighted by Crippen LogP contribution is 2.34. The van der Waals surface area contributed by atoms with Crippen molar-refractivity contribution >= 4 is 17.4 Å². The minimum atomic E-state index is -0.476. The topological polar surface area (TPSA) is 94.0 Å². The minimum absolute atomic E-state index is 0.138. The Morgan fingerprint density at radius 2 is 2.20 bits per heavy atom. The number of hydrogen-bond acceptors (Lipinski definition) is 4. The third-order valence-electron chi connectivity index (χ3n) is 3.63. The zero-order valence-corrected chi connectivity index (χ0v) is 11.0. The van der Waals surface area contributed by atoms with Crippen LogP contribution in [0.25, 0.3) is 0 Å². The third kappa shape index (κ3) is 2.18. The second-order valence-electron chi connectivity index (χ2n) is 4.96. The summed E-state index contributed by atoms with van der Waals surface area (Å²) in [6.45, 7) is 0. The number of primary amides is 1. The molecule has 0 spiro atoms. The van der Waals surface area contributed by atoms with Gasteiger partial charge in [-0.3, -0.25) is 4.79 Å². The van der Waals surface area contributed by atoms with Crippen LogP contribution in [0.1, 0.15) is 33.9 Å². The van der Waals surface area contributed by atoms with Gasteiger partial charge in [0.1, 0.15) is 5.82 Å². The van der Waals surface area contributed by atoms with E-state index in [1.165, 1.54) is 11.1 Å². The number of aryl methyl sites for hydroxylation is 1. The molecule has 1 atom stereocenters. The quantitative estimate of drug-likeness (QED) is 0.741. The number of nitrogen functional groups attached to an aromatic ring is 1. The fourth-order valence-corrected chi connectivity index (χ4v) is 2.67. The van der Waals surface area contributed by atoms with Gasteiger partial charge >= 0.3 is 0 Å². The van der Waals surface area contributed by atoms with Crippen LogP contribution in [-0.4, -0.2) is 10.9 Å². The van der Waals surface area contributed by atoms with Crippen LogP contribution >= 0.6 is 0 Å². The van der Waals surface area contributed by atoms with Gasteiger partial charge in [-0.1, -0.05) is 6.07 Å². The summed E-state index contributed by atoms with van der Waals surface area (Å²) in [4.78, 5) is 15.6. The summed E-state index contributed by atoms with van der Waals surface area (Å²) >= 11 is 0. The summed E-state index contributed by atoms with van der Waals surface area (Å²) in [6, 6.07) is 9.45. The van der Waals surface area contributed by atoms with Crippen molar-refractivity contribution in [2.75, 3.05) is 11.1 Å². The molecule has 1 heterocycles. The molecule has 20 heavy (non-hydrogen) atoms. The predicted molar refractivity (Wildman–Crippen MR) is 78.3 cm³/mol. The number of nitrogens with one attached hydrogen (secondary N) is 1. The highest BCUT2D eigenvalue weighted by Gasteiger charge is 2.23. The van der Waals surface area contributed by atoms with E-state index < -0.39 is 5.91 Å². The van der Waals surface area contributed by atoms with Crippen molar-refractivity contribution in [3.8, 4) is 0 Å². The monoisotopic (exact) mass is 268 g/mol. The zero-order valence-electron chi connectivity index (χ0n) is 11.0. The standard InChI is InChI=1S/C15H16N4O/c16-10-4-5-11-9(8-10)3-6-13(11)19-15-12(14(17)20)2-1-7-18-15/h1-2,4-5,7-8,13H,3,6,16H2,(H2,17,20)(H,18,19). The first-order chi connectivity index (χ1) is 9.65. The molecule has 102 valence electrons. The van der Waals surface area contributed by atoms with E-state index in [-0.39, 0.29) is 6.04 Å². The molecular formula is C15H16N4O. The van der Waals surface area contributed by atoms with Crippen molar-refractivity contribution in [3.05, 3.63) is 53.2 Å². The summed E-state index contributed by atoms with van der Waals surface area (Å²) < 4.78 is 0. The Balaban J connectivity index is 1.90. The van der Waals surface area contributed by atoms with E-state index in [2.05, 4.69) is 10.3 Å². The molecule has 0 saturated heterocycles. The molecule has 0 fully saturated rings. The van der Waals surface area contributed by atoms with Crippen molar-refractivity contribution < 1.29 is 4.79 Å². The van der Waals surface area contributed by atoms with Gasteiger partial charge in [-0.05, 0) is 48.2 Å². The maximum Gasteiger partial charge on any atom is 0.252 e. The average Bonchev–Trinajstić information content (AvgIpc) is 2.81. The van der Waals surface area contributed by atoms with Crippen LogP contribution in [0.3, 0.4) is 0 Å². The minimum Gasteiger partial charge on any atom is -0.399 e. The number of carbonyl (C=O) groups excluding carboxylic acids is 1. The fourth-order valence-electron chi connectivity index (χ4n) is 2.67. The summed E-state index contributed by atoms with van der Waals surface area (Å²) in [6.07, 6.45) is 3.57. The Morgan fingerprint density at radius 1 is 1.35 bits per heavy atom. The molecule has 1 unspecified atom stereocenters. The number of hydrogen-bond donors (Lipinski definition) is 3. The van der Waals surface area contributed by atoms with E-state index in [9.17, 15) is 4.79 Å². The number of fused-ring (bicyclic) bond motifs is 1. The van der Waals surface area contributed by atoms with Crippen molar-refractivity contribution in [2.24, 2.45) is 5.73 Å². The number of anilines is 2. The lowest BCUT2D eigenvalue weighted by Gasteiger charge is -2.16. The van der Waals surface area contributed by atoms with Crippen LogP contribution in [0.4, 0.5) is 11.5 Å². The summed E-state index contributed by atoms with van der Waals surface area (Å²) in [5.41, 5.74) is 14.8. The molecule has 5 heteroatoms. The molecule has 1 amide bonds. The first-order valence-corrected chi connectivity index (χ1v) is 6.55. The molecule has 1 aromatic carbocycles. The van der Waals surface area contributed by atoms with Gasteiger partial charge in [-0.15, -0.1) is 0 Å². The second-order valence-corrected chi connectivity index (χ2v) is 4.96. The van der Waals surface area contributed by atoms with Crippen LogP contribution < -0.4 is 16.8 Å². The lowest BCUT2D eigenvalue weighted by atomic mass is 10.1. The third-order valence-corrected chi connectivity index (χ3v) is 3.63. The Labute approximate surface area is 117 Å². The number of nitrogens with two attached hydrogens (primary N) is 2. The summed E-state index contributed by atoms with van der Waals surface area (Å²) in [7, 11) is 0. The molecular weight excluding hydrogens is 252 g/mol. The van der Waals surface area contributed by atoms with Crippen LogP contribution in [0, 0.1) is 0 Å². The molecule has 2 aromatic rings. The number of pyridine rings is 1. The first-order valence-electron chi connectivity index (χ1n) is 6.55. The number of rotatable bonds is 3. The predicted octanol–water partition coefficient (Wildman–Crippen LogP) is 1.86. The molecule has 1 aliphatic carbocycles. The number of carbonyl (C=O) groups is 1. The molecule has 0 bridgehead atoms. The van der Waals surface area contributed by atoms with E-state index in [0.29, 0.717) is 11.4 Å². The Morgan fingerprint density at radius 3 is 3.00 bits per heavy atom. The number of nitrogens with zero attached hydrogens (tertiary/aromatic N) is 1. The van der Waals surface area contributed by atoms with Crippen LogP contribution in [-0.2, 0) is 6.42 Å². The van der Waals surface area contributed by atoms with Gasteiger partial charge in [0.25, 0.3) is 5.91 Å². The van der Waals surface area contributed by atoms with E-state index in [1.54, 1.807) is 18.3 Å². The van der Waals surface area contributed by atoms with E-state index in [4.69, 9.17) is 11.5 Å². The SMILES string of the molecule is NC(=O)c1cccnc1NC1CCc2cc(N)ccc21. The van der Waals surface area contributed by atoms with Crippen molar-refractivity contribution in [1.29, 1.82) is 0 Å². The Hall–Kier alpha value is -2.56. The van der Waals surface area contributed by atoms with E-state index in [0.717, 1.165) is 18.5 Å². The summed E-state index contributed by atoms with van der Waals surface area (Å²) in [5.74, 6) is 0.0609. The molecule has 1 aliphatic rings. The Kier molecular flexibility index (Phi) is 3.02. The fraction of sp³-hybridized carbons (Fsp3) is 0.200. The zero-order chi connectivity index (χ0) is 14.1. The van der Waals surface area contributed by atoms with E-state index in [1.807, 2.05) is 18.2 Å². The number of aromatic nitrogens is 1. The molecule has 5 N–H and O–H groups in total. The smallest absolute Gasteiger partial charge is 0.252 e. The molecule has 3 rings (SSSR count). The van der Waals surface area contributed by atoms with Crippen LogP contribution in [0.2, 0.25) is 0 Å². The lowest BCUT2D eigenvalue weighted by molar-refractivity contribution is 0.100. The van der Waals surface area contributed by atoms with Gasteiger partial charge in [0.15, 0.2) is 0 Å². The second kappa shape index (κ2) is 4.85. The highest BCUT2D eigenvalue weighted by atomic mass is 16.1. The maximum absolute atomic E-state index is 11.4. The van der Waals surface area contributed by atoms with Gasteiger partial charge in [0.05, 0.1) is 11.6 Å². The van der Waals surface area contributed by atoms with Crippen molar-refractivity contribution in [2.45, 2.75) is 18.9 Å². The molecule has 0 aliphatic heterocycles. The maximum atomic E-state index is 11.4. The molecule has 1 aromatic heterocycles. The van der Waals surface area contributed by atoms with Gasteiger partial charge in [0.2, 0.25) is 0 Å². The van der Waals surface area contributed by atoms with Gasteiger partial charge in [-0.2, -0.15) is 0 Å². The normalized spacial score (nSPS) is 16.7. The van der Waals surface area contributed by atoms with Crippen LogP contribution in [0.5, 0.6) is 0 Å². The number of amides is 1. The van der Waals surface area contributed by atoms with Gasteiger partial charge in [0, 0.05) is 11.9 Å². The van der Waals surface area contributed by atoms with E-state index >= 15 is 0 Å². The lowest BCUT2D eigenvalue weighted by Crippen LogP contribution is -2.17. The van der Waals surface area contributed by atoms with Crippen molar-refractivity contribution in [3.63, 3.8) is 0 Å². The largest absolute Gasteiger partial charge is 0.399 e. The summed E-state index contributed by atoms with van der Waals surface area (Å²) in [5, 5.41) is 3.31. The van der Waals surface area contributed by atoms with Crippen molar-refractivity contribution in [1.82, 2.24) is 4.98 Å². The molecule has 0 saturated carbocycles. The highest BCUT2D eigenvalue weighted by molar-refractivity contribution is 5.97.